The van der Waals surface area contributed by atoms with Crippen LogP contribution in [0.3, 0.4) is 0 Å². The molecular formula is C15H20BNO3S. The highest BCUT2D eigenvalue weighted by molar-refractivity contribution is 7.80. The van der Waals surface area contributed by atoms with Gasteiger partial charge < -0.3 is 9.31 Å². The Balaban J connectivity index is 2.33. The second-order valence-corrected chi connectivity index (χ2v) is 6.38. The van der Waals surface area contributed by atoms with E-state index in [9.17, 15) is 4.79 Å². The summed E-state index contributed by atoms with van der Waals surface area (Å²) in [6.45, 7) is 8.00. The van der Waals surface area contributed by atoms with E-state index >= 15 is 0 Å². The molecule has 0 aromatic carbocycles. The number of nitrogens with zero attached hydrogens (tertiary/aromatic N) is 1. The summed E-state index contributed by atoms with van der Waals surface area (Å²) in [4.78, 5) is 15.3. The fraction of sp³-hybridized carbons (Fsp3) is 0.467. The lowest BCUT2D eigenvalue weighted by molar-refractivity contribution is 0.00578. The molecule has 2 rings (SSSR count). The number of pyridine rings is 1. The van der Waals surface area contributed by atoms with Crippen molar-refractivity contribution in [1.29, 1.82) is 0 Å². The van der Waals surface area contributed by atoms with E-state index in [4.69, 9.17) is 9.31 Å². The van der Waals surface area contributed by atoms with E-state index in [0.29, 0.717) is 17.0 Å². The van der Waals surface area contributed by atoms with Gasteiger partial charge >= 0.3 is 7.12 Å². The van der Waals surface area contributed by atoms with E-state index in [1.807, 2.05) is 33.8 Å². The number of carbonyl (C=O) groups excluding carboxylic acids is 1. The van der Waals surface area contributed by atoms with Gasteiger partial charge in [-0.15, -0.1) is 0 Å². The third-order valence-electron chi connectivity index (χ3n) is 4.06. The van der Waals surface area contributed by atoms with Gasteiger partial charge in [-0.25, -0.2) is 0 Å². The van der Waals surface area contributed by atoms with Crippen LogP contribution in [-0.4, -0.2) is 35.3 Å². The molecule has 0 aliphatic carbocycles. The average Bonchev–Trinajstić information content (AvgIpc) is 2.65. The van der Waals surface area contributed by atoms with Crippen LogP contribution in [0.2, 0.25) is 0 Å². The number of rotatable bonds is 4. The third kappa shape index (κ3) is 3.22. The van der Waals surface area contributed by atoms with Gasteiger partial charge in [-0.3, -0.25) is 9.78 Å². The van der Waals surface area contributed by atoms with Crippen molar-refractivity contribution in [2.24, 2.45) is 0 Å². The summed E-state index contributed by atoms with van der Waals surface area (Å²) in [5, 5.41) is 0. The first kappa shape index (κ1) is 16.3. The molecule has 4 nitrogen and oxygen atoms in total. The first-order valence-corrected chi connectivity index (χ1v) is 7.51. The molecule has 0 amide bonds. The second kappa shape index (κ2) is 5.95. The number of aldehydes is 1. The molecule has 0 bridgehead atoms. The van der Waals surface area contributed by atoms with Crippen molar-refractivity contribution in [1.82, 2.24) is 4.98 Å². The fourth-order valence-electron chi connectivity index (χ4n) is 2.01. The van der Waals surface area contributed by atoms with Crippen LogP contribution in [0.4, 0.5) is 0 Å². The normalized spacial score (nSPS) is 20.6. The van der Waals surface area contributed by atoms with E-state index in [0.717, 1.165) is 11.8 Å². The summed E-state index contributed by atoms with van der Waals surface area (Å²) in [6, 6.07) is 3.46. The van der Waals surface area contributed by atoms with E-state index in [1.54, 1.807) is 18.3 Å². The second-order valence-electron chi connectivity index (χ2n) is 6.06. The van der Waals surface area contributed by atoms with Crippen LogP contribution in [0.15, 0.2) is 23.8 Å². The van der Waals surface area contributed by atoms with Gasteiger partial charge in [-0.1, -0.05) is 0 Å². The van der Waals surface area contributed by atoms with Gasteiger partial charge in [-0.05, 0) is 51.4 Å². The Labute approximate surface area is 131 Å². The highest BCUT2D eigenvalue weighted by Gasteiger charge is 2.52. The van der Waals surface area contributed by atoms with Crippen molar-refractivity contribution in [3.05, 3.63) is 35.1 Å². The van der Waals surface area contributed by atoms with Gasteiger partial charge in [-0.2, -0.15) is 12.6 Å². The Morgan fingerprint density at radius 3 is 2.48 bits per heavy atom. The van der Waals surface area contributed by atoms with Gasteiger partial charge in [0, 0.05) is 17.5 Å². The maximum atomic E-state index is 11.1. The molecule has 1 saturated heterocycles. The maximum absolute atomic E-state index is 11.1. The minimum Gasteiger partial charge on any atom is -0.400 e. The SMILES string of the molecule is CC1(C)OB(C(=Cc2ncccc2C=O)CS)OC1(C)C. The molecular weight excluding hydrogens is 285 g/mol. The van der Waals surface area contributed by atoms with Crippen LogP contribution in [0.25, 0.3) is 6.08 Å². The van der Waals surface area contributed by atoms with Gasteiger partial charge in [0.1, 0.15) is 0 Å². The van der Waals surface area contributed by atoms with E-state index in [-0.39, 0.29) is 0 Å². The predicted molar refractivity (Wildman–Crippen MR) is 87.5 cm³/mol. The topological polar surface area (TPSA) is 48.4 Å². The molecule has 1 fully saturated rings. The predicted octanol–water partition coefficient (Wildman–Crippen LogP) is 2.84. The Bertz CT molecular complexity index is 556. The maximum Gasteiger partial charge on any atom is 0.491 e. The first-order chi connectivity index (χ1) is 9.80. The number of hydrogen-bond acceptors (Lipinski definition) is 5. The zero-order chi connectivity index (χ0) is 15.7. The van der Waals surface area contributed by atoms with Crippen molar-refractivity contribution >= 4 is 32.1 Å². The largest absolute Gasteiger partial charge is 0.491 e. The van der Waals surface area contributed by atoms with Crippen LogP contribution in [0.5, 0.6) is 0 Å². The molecule has 0 unspecified atom stereocenters. The zero-order valence-corrected chi connectivity index (χ0v) is 13.7. The molecule has 0 atom stereocenters. The van der Waals surface area contributed by atoms with Crippen LogP contribution in [0, 0.1) is 0 Å². The fourth-order valence-corrected chi connectivity index (χ4v) is 2.25. The summed E-state index contributed by atoms with van der Waals surface area (Å²) in [5.41, 5.74) is 1.17. The van der Waals surface area contributed by atoms with E-state index in [1.165, 1.54) is 0 Å². The molecule has 0 spiro atoms. The average molecular weight is 305 g/mol. The zero-order valence-electron chi connectivity index (χ0n) is 12.8. The highest BCUT2D eigenvalue weighted by atomic mass is 32.1. The number of aromatic nitrogens is 1. The molecule has 112 valence electrons. The van der Waals surface area contributed by atoms with Gasteiger partial charge in [0.15, 0.2) is 6.29 Å². The quantitative estimate of drug-likeness (QED) is 0.528. The number of hydrogen-bond donors (Lipinski definition) is 1. The summed E-state index contributed by atoms with van der Waals surface area (Å²) in [6.07, 6.45) is 4.26. The third-order valence-corrected chi connectivity index (χ3v) is 4.42. The molecule has 1 aliphatic heterocycles. The van der Waals surface area contributed by atoms with Gasteiger partial charge in [0.25, 0.3) is 0 Å². The van der Waals surface area contributed by atoms with Crippen LogP contribution < -0.4 is 0 Å². The van der Waals surface area contributed by atoms with Gasteiger partial charge in [0.05, 0.1) is 16.9 Å². The number of thiol groups is 1. The Hall–Kier alpha value is -1.11. The summed E-state index contributed by atoms with van der Waals surface area (Å²) in [5.74, 6) is 0.464. The summed E-state index contributed by atoms with van der Waals surface area (Å²) in [7, 11) is -0.478. The monoisotopic (exact) mass is 305 g/mol. The lowest BCUT2D eigenvalue weighted by atomic mass is 9.78. The smallest absolute Gasteiger partial charge is 0.400 e. The number of carbonyl (C=O) groups is 1. The summed E-state index contributed by atoms with van der Waals surface area (Å²) >= 11 is 4.35. The first-order valence-electron chi connectivity index (χ1n) is 6.88. The molecule has 0 saturated carbocycles. The molecule has 0 radical (unpaired) electrons. The Kier molecular flexibility index (Phi) is 4.61. The van der Waals surface area contributed by atoms with Crippen LogP contribution in [-0.2, 0) is 9.31 Å². The molecule has 21 heavy (non-hydrogen) atoms. The Morgan fingerprint density at radius 2 is 1.95 bits per heavy atom. The van der Waals surface area contributed by atoms with Crippen molar-refractivity contribution in [3.63, 3.8) is 0 Å². The highest BCUT2D eigenvalue weighted by Crippen LogP contribution is 2.38. The lowest BCUT2D eigenvalue weighted by Gasteiger charge is -2.32. The standard InChI is InChI=1S/C15H20BNO3S/c1-14(2)15(3,4)20-16(19-14)12(10-21)8-13-11(9-18)6-5-7-17-13/h5-9,21H,10H2,1-4H3. The van der Waals surface area contributed by atoms with Crippen molar-refractivity contribution in [2.75, 3.05) is 5.75 Å². The molecule has 0 N–H and O–H groups in total. The molecule has 6 heteroatoms. The van der Waals surface area contributed by atoms with Crippen LogP contribution in [0.1, 0.15) is 43.7 Å². The molecule has 1 aromatic heterocycles. The van der Waals surface area contributed by atoms with Crippen molar-refractivity contribution < 1.29 is 14.1 Å². The van der Waals surface area contributed by atoms with Gasteiger partial charge in [0.2, 0.25) is 0 Å². The molecule has 1 aromatic rings. The van der Waals surface area contributed by atoms with E-state index < -0.39 is 18.3 Å². The van der Waals surface area contributed by atoms with E-state index in [2.05, 4.69) is 17.6 Å². The van der Waals surface area contributed by atoms with Crippen molar-refractivity contribution in [2.45, 2.75) is 38.9 Å². The molecule has 1 aliphatic rings. The summed E-state index contributed by atoms with van der Waals surface area (Å²) < 4.78 is 12.0. The molecule has 2 heterocycles. The van der Waals surface area contributed by atoms with Crippen molar-refractivity contribution in [3.8, 4) is 0 Å². The minimum atomic E-state index is -0.478. The Morgan fingerprint density at radius 1 is 1.33 bits per heavy atom. The minimum absolute atomic E-state index is 0.405. The van der Waals surface area contributed by atoms with Crippen LogP contribution >= 0.6 is 12.6 Å². The lowest BCUT2D eigenvalue weighted by Crippen LogP contribution is -2.41.